The summed E-state index contributed by atoms with van der Waals surface area (Å²) in [6.07, 6.45) is 0. The molecule has 0 saturated carbocycles. The van der Waals surface area contributed by atoms with Crippen LogP contribution in [0.1, 0.15) is 44.4 Å². The Labute approximate surface area is 166 Å². The van der Waals surface area contributed by atoms with Gasteiger partial charge < -0.3 is 4.74 Å². The Morgan fingerprint density at radius 1 is 1.11 bits per heavy atom. The summed E-state index contributed by atoms with van der Waals surface area (Å²) in [6, 6.07) is 14.2. The van der Waals surface area contributed by atoms with E-state index in [2.05, 4.69) is 4.72 Å². The highest BCUT2D eigenvalue weighted by Gasteiger charge is 2.24. The Balaban J connectivity index is 1.98. The van der Waals surface area contributed by atoms with Crippen LogP contribution in [0.5, 0.6) is 0 Å². The van der Waals surface area contributed by atoms with Gasteiger partial charge in [0, 0.05) is 0 Å². The highest BCUT2D eigenvalue weighted by molar-refractivity contribution is 7.89. The van der Waals surface area contributed by atoms with Gasteiger partial charge in [0.25, 0.3) is 0 Å². The van der Waals surface area contributed by atoms with Crippen molar-refractivity contribution in [2.75, 3.05) is 0 Å². The van der Waals surface area contributed by atoms with Crippen molar-refractivity contribution in [1.29, 1.82) is 5.26 Å². The maximum absolute atomic E-state index is 12.5. The molecule has 6 nitrogen and oxygen atoms in total. The van der Waals surface area contributed by atoms with E-state index < -0.39 is 22.0 Å². The van der Waals surface area contributed by atoms with Crippen molar-refractivity contribution in [2.24, 2.45) is 0 Å². The van der Waals surface area contributed by atoms with Gasteiger partial charge in [-0.1, -0.05) is 45.0 Å². The van der Waals surface area contributed by atoms with Crippen molar-refractivity contribution in [3.63, 3.8) is 0 Å². The fourth-order valence-corrected chi connectivity index (χ4v) is 3.63. The molecule has 0 amide bonds. The third-order valence-corrected chi connectivity index (χ3v) is 5.74. The maximum atomic E-state index is 12.5. The molecule has 0 aliphatic rings. The summed E-state index contributed by atoms with van der Waals surface area (Å²) >= 11 is 0. The van der Waals surface area contributed by atoms with Gasteiger partial charge >= 0.3 is 5.97 Å². The second-order valence-electron chi connectivity index (χ2n) is 7.53. The average Bonchev–Trinajstić information content (AvgIpc) is 2.65. The summed E-state index contributed by atoms with van der Waals surface area (Å²) in [5, 5.41) is 8.78. The van der Waals surface area contributed by atoms with E-state index >= 15 is 0 Å². The van der Waals surface area contributed by atoms with Crippen LogP contribution in [0, 0.1) is 11.3 Å². The van der Waals surface area contributed by atoms with Gasteiger partial charge in [-0.2, -0.15) is 9.98 Å². The van der Waals surface area contributed by atoms with E-state index in [1.807, 2.05) is 26.8 Å². The number of benzene rings is 2. The van der Waals surface area contributed by atoms with Crippen molar-refractivity contribution >= 4 is 16.0 Å². The second kappa shape index (κ2) is 8.55. The quantitative estimate of drug-likeness (QED) is 0.751. The highest BCUT2D eigenvalue weighted by Crippen LogP contribution is 2.23. The van der Waals surface area contributed by atoms with Crippen LogP contribution in [0.2, 0.25) is 0 Å². The highest BCUT2D eigenvalue weighted by atomic mass is 32.2. The zero-order valence-electron chi connectivity index (χ0n) is 16.4. The Morgan fingerprint density at radius 2 is 1.68 bits per heavy atom. The van der Waals surface area contributed by atoms with Crippen LogP contribution >= 0.6 is 0 Å². The smallest absolute Gasteiger partial charge is 0.324 e. The van der Waals surface area contributed by atoms with E-state index in [0.717, 1.165) is 5.56 Å². The molecular weight excluding hydrogens is 376 g/mol. The molecule has 0 radical (unpaired) electrons. The lowest BCUT2D eigenvalue weighted by atomic mass is 9.87. The Bertz CT molecular complexity index is 967. The normalized spacial score (nSPS) is 12.8. The zero-order valence-corrected chi connectivity index (χ0v) is 17.2. The van der Waals surface area contributed by atoms with E-state index in [0.29, 0.717) is 11.1 Å². The lowest BCUT2D eigenvalue weighted by molar-refractivity contribution is -0.146. The third kappa shape index (κ3) is 5.65. The number of carbonyl (C=O) groups is 1. The summed E-state index contributed by atoms with van der Waals surface area (Å²) in [7, 11) is -3.85. The van der Waals surface area contributed by atoms with E-state index in [4.69, 9.17) is 10.00 Å². The number of hydrogen-bond donors (Lipinski definition) is 1. The lowest BCUT2D eigenvalue weighted by Crippen LogP contribution is -2.39. The molecular formula is C21H24N2O4S. The number of rotatable bonds is 6. The van der Waals surface area contributed by atoms with Crippen LogP contribution in [-0.2, 0) is 31.6 Å². The van der Waals surface area contributed by atoms with Crippen molar-refractivity contribution < 1.29 is 17.9 Å². The van der Waals surface area contributed by atoms with Crippen molar-refractivity contribution in [3.05, 3.63) is 65.2 Å². The van der Waals surface area contributed by atoms with Crippen LogP contribution < -0.4 is 4.72 Å². The number of sulfonamides is 1. The predicted molar refractivity (Wildman–Crippen MR) is 106 cm³/mol. The van der Waals surface area contributed by atoms with Crippen LogP contribution in [0.25, 0.3) is 0 Å². The molecule has 148 valence electrons. The van der Waals surface area contributed by atoms with Gasteiger partial charge in [-0.05, 0) is 47.7 Å². The molecule has 0 saturated heterocycles. The Kier molecular flexibility index (Phi) is 6.60. The minimum atomic E-state index is -3.85. The standard InChI is InChI=1S/C21H24N2O4S/c1-15(20(24)27-14-17-7-5-16(13-22)6-8-17)23-28(25,26)19-11-9-18(10-12-19)21(2,3)4/h5-12,15,23H,14H2,1-4H3/t15-/m0/s1. The molecule has 0 aliphatic carbocycles. The minimum absolute atomic E-state index is 0.00309. The molecule has 2 rings (SSSR count). The van der Waals surface area contributed by atoms with Crippen molar-refractivity contribution in [1.82, 2.24) is 4.72 Å². The molecule has 2 aromatic carbocycles. The molecule has 0 aliphatic heterocycles. The minimum Gasteiger partial charge on any atom is -0.460 e. The summed E-state index contributed by atoms with van der Waals surface area (Å²) in [5.41, 5.74) is 2.15. The zero-order chi connectivity index (χ0) is 20.9. The van der Waals surface area contributed by atoms with Crippen molar-refractivity contribution in [2.45, 2.75) is 50.7 Å². The molecule has 1 N–H and O–H groups in total. The SMILES string of the molecule is C[C@H](NS(=O)(=O)c1ccc(C(C)(C)C)cc1)C(=O)OCc1ccc(C#N)cc1. The van der Waals surface area contributed by atoms with Crippen LogP contribution in [0.15, 0.2) is 53.4 Å². The molecule has 7 heteroatoms. The summed E-state index contributed by atoms with van der Waals surface area (Å²) in [6.45, 7) is 7.56. The summed E-state index contributed by atoms with van der Waals surface area (Å²) in [5.74, 6) is -0.681. The fraction of sp³-hybridized carbons (Fsp3) is 0.333. The molecule has 0 aromatic heterocycles. The van der Waals surface area contributed by atoms with Crippen LogP contribution in [0.4, 0.5) is 0 Å². The number of nitrogens with zero attached hydrogens (tertiary/aromatic N) is 1. The molecule has 28 heavy (non-hydrogen) atoms. The largest absolute Gasteiger partial charge is 0.460 e. The lowest BCUT2D eigenvalue weighted by Gasteiger charge is -2.19. The fourth-order valence-electron chi connectivity index (χ4n) is 2.44. The first-order valence-electron chi connectivity index (χ1n) is 8.81. The van der Waals surface area contributed by atoms with Gasteiger partial charge in [0.05, 0.1) is 16.5 Å². The molecule has 0 spiro atoms. The summed E-state index contributed by atoms with van der Waals surface area (Å²) in [4.78, 5) is 12.2. The van der Waals surface area contributed by atoms with Gasteiger partial charge in [0.2, 0.25) is 10.0 Å². The number of nitrogens with one attached hydrogen (secondary N) is 1. The maximum Gasteiger partial charge on any atom is 0.324 e. The first kappa shape index (κ1) is 21.6. The molecule has 1 atom stereocenters. The average molecular weight is 401 g/mol. The van der Waals surface area contributed by atoms with Gasteiger partial charge in [-0.3, -0.25) is 4.79 Å². The molecule has 0 bridgehead atoms. The van der Waals surface area contributed by atoms with Crippen molar-refractivity contribution in [3.8, 4) is 6.07 Å². The van der Waals surface area contributed by atoms with E-state index in [1.54, 1.807) is 36.4 Å². The van der Waals surface area contributed by atoms with Gasteiger partial charge in [0.15, 0.2) is 0 Å². The van der Waals surface area contributed by atoms with Crippen LogP contribution in [0.3, 0.4) is 0 Å². The predicted octanol–water partition coefficient (Wildman–Crippen LogP) is 3.27. The molecule has 0 fully saturated rings. The Morgan fingerprint density at radius 3 is 2.18 bits per heavy atom. The van der Waals surface area contributed by atoms with Crippen LogP contribution in [-0.4, -0.2) is 20.4 Å². The molecule has 0 heterocycles. The molecule has 0 unspecified atom stereocenters. The number of nitriles is 1. The second-order valence-corrected chi connectivity index (χ2v) is 9.25. The summed E-state index contributed by atoms with van der Waals surface area (Å²) < 4.78 is 32.5. The van der Waals surface area contributed by atoms with Gasteiger partial charge in [-0.25, -0.2) is 8.42 Å². The number of ether oxygens (including phenoxy) is 1. The van der Waals surface area contributed by atoms with Gasteiger partial charge in [0.1, 0.15) is 12.6 Å². The van der Waals surface area contributed by atoms with E-state index in [9.17, 15) is 13.2 Å². The Hall–Kier alpha value is -2.69. The first-order chi connectivity index (χ1) is 13.0. The monoisotopic (exact) mass is 400 g/mol. The molecule has 2 aromatic rings. The van der Waals surface area contributed by atoms with E-state index in [-0.39, 0.29) is 16.9 Å². The first-order valence-corrected chi connectivity index (χ1v) is 10.3. The van der Waals surface area contributed by atoms with Gasteiger partial charge in [-0.15, -0.1) is 0 Å². The number of esters is 1. The number of carbonyl (C=O) groups excluding carboxylic acids is 1. The number of hydrogen-bond acceptors (Lipinski definition) is 5. The van der Waals surface area contributed by atoms with E-state index in [1.165, 1.54) is 19.1 Å². The topological polar surface area (TPSA) is 96.3 Å². The third-order valence-electron chi connectivity index (χ3n) is 4.18.